The second-order valence-corrected chi connectivity index (χ2v) is 5.73. The molecule has 2 heterocycles. The molecule has 0 saturated heterocycles. The summed E-state index contributed by atoms with van der Waals surface area (Å²) in [7, 11) is 1.32. The van der Waals surface area contributed by atoms with Crippen molar-refractivity contribution in [3.8, 4) is 0 Å². The van der Waals surface area contributed by atoms with E-state index >= 15 is 0 Å². The Morgan fingerprint density at radius 3 is 2.92 bits per heavy atom. The lowest BCUT2D eigenvalue weighted by Gasteiger charge is -2.13. The molecule has 1 aliphatic heterocycles. The number of imidazole rings is 1. The Morgan fingerprint density at radius 2 is 2.12 bits per heavy atom. The van der Waals surface area contributed by atoms with Gasteiger partial charge in [-0.05, 0) is 29.8 Å². The molecule has 0 unspecified atom stereocenters. The molecule has 0 fully saturated rings. The van der Waals surface area contributed by atoms with Crippen LogP contribution in [0.3, 0.4) is 0 Å². The number of hydrogen-bond acceptors (Lipinski definition) is 4. The van der Waals surface area contributed by atoms with E-state index in [1.807, 2.05) is 24.3 Å². The first kappa shape index (κ1) is 14.4. The molecule has 0 saturated carbocycles. The van der Waals surface area contributed by atoms with Crippen molar-refractivity contribution in [2.45, 2.75) is 13.1 Å². The number of para-hydroxylation sites is 2. The van der Waals surface area contributed by atoms with Crippen molar-refractivity contribution in [1.29, 1.82) is 0 Å². The monoisotopic (exact) mass is 321 g/mol. The molecule has 0 aliphatic carbocycles. The number of aromatic amines is 1. The smallest absolute Gasteiger partial charge is 0.337 e. The van der Waals surface area contributed by atoms with Crippen molar-refractivity contribution in [3.63, 3.8) is 0 Å². The number of H-pyrrole nitrogens is 1. The van der Waals surface area contributed by atoms with Crippen molar-refractivity contribution in [1.82, 2.24) is 14.9 Å². The number of nitrogens with zero attached hydrogens (tertiary/aromatic N) is 2. The van der Waals surface area contributed by atoms with Gasteiger partial charge in [-0.25, -0.2) is 9.78 Å². The molecule has 24 heavy (non-hydrogen) atoms. The van der Waals surface area contributed by atoms with E-state index < -0.39 is 5.97 Å². The molecular weight excluding hydrogens is 306 g/mol. The summed E-state index contributed by atoms with van der Waals surface area (Å²) in [6.07, 6.45) is 0. The number of rotatable bonds is 3. The SMILES string of the molecule is COC(=O)c1ccc2c(c1)C(=O)N(Cc1nc3ccccc3[nH]1)C2. The number of amides is 1. The molecule has 6 nitrogen and oxygen atoms in total. The minimum atomic E-state index is -0.443. The number of ether oxygens (including phenoxy) is 1. The molecule has 0 bridgehead atoms. The van der Waals surface area contributed by atoms with Gasteiger partial charge in [-0.15, -0.1) is 0 Å². The van der Waals surface area contributed by atoms with Crippen LogP contribution in [0.15, 0.2) is 42.5 Å². The normalized spacial score (nSPS) is 13.4. The zero-order valence-electron chi connectivity index (χ0n) is 13.1. The molecule has 1 amide bonds. The van der Waals surface area contributed by atoms with Crippen LogP contribution in [0.5, 0.6) is 0 Å². The molecule has 4 rings (SSSR count). The zero-order valence-corrected chi connectivity index (χ0v) is 13.1. The molecule has 2 aromatic carbocycles. The van der Waals surface area contributed by atoms with Crippen LogP contribution in [0.2, 0.25) is 0 Å². The molecule has 1 aliphatic rings. The van der Waals surface area contributed by atoms with Gasteiger partial charge in [-0.3, -0.25) is 4.79 Å². The Labute approximate surface area is 138 Å². The largest absolute Gasteiger partial charge is 0.465 e. The van der Waals surface area contributed by atoms with Crippen LogP contribution in [0.25, 0.3) is 11.0 Å². The number of benzene rings is 2. The first-order chi connectivity index (χ1) is 11.7. The number of carbonyl (C=O) groups excluding carboxylic acids is 2. The van der Waals surface area contributed by atoms with Crippen LogP contribution in [0.4, 0.5) is 0 Å². The zero-order chi connectivity index (χ0) is 16.7. The molecule has 0 spiro atoms. The minimum Gasteiger partial charge on any atom is -0.465 e. The third-order valence-corrected chi connectivity index (χ3v) is 4.19. The summed E-state index contributed by atoms with van der Waals surface area (Å²) in [6, 6.07) is 12.8. The Bertz CT molecular complexity index is 928. The highest BCUT2D eigenvalue weighted by atomic mass is 16.5. The number of esters is 1. The summed E-state index contributed by atoms with van der Waals surface area (Å²) in [5.74, 6) is 0.197. The quantitative estimate of drug-likeness (QED) is 0.752. The second-order valence-electron chi connectivity index (χ2n) is 5.73. The highest BCUT2D eigenvalue weighted by Crippen LogP contribution is 2.25. The van der Waals surface area contributed by atoms with Crippen LogP contribution >= 0.6 is 0 Å². The van der Waals surface area contributed by atoms with Gasteiger partial charge in [0, 0.05) is 12.1 Å². The van der Waals surface area contributed by atoms with Gasteiger partial charge in [0.1, 0.15) is 5.82 Å². The number of hydrogen-bond donors (Lipinski definition) is 1. The topological polar surface area (TPSA) is 75.3 Å². The highest BCUT2D eigenvalue weighted by Gasteiger charge is 2.29. The van der Waals surface area contributed by atoms with Crippen LogP contribution in [0.1, 0.15) is 32.1 Å². The van der Waals surface area contributed by atoms with E-state index in [1.54, 1.807) is 23.1 Å². The third kappa shape index (κ3) is 2.32. The predicted octanol–water partition coefficient (Wildman–Crippen LogP) is 2.51. The van der Waals surface area contributed by atoms with E-state index in [-0.39, 0.29) is 5.91 Å². The first-order valence-electron chi connectivity index (χ1n) is 7.60. The molecule has 3 aromatic rings. The van der Waals surface area contributed by atoms with Crippen molar-refractivity contribution in [2.24, 2.45) is 0 Å². The number of carbonyl (C=O) groups is 2. The van der Waals surface area contributed by atoms with Gasteiger partial charge in [0.25, 0.3) is 5.91 Å². The van der Waals surface area contributed by atoms with Crippen LogP contribution in [-0.2, 0) is 17.8 Å². The average Bonchev–Trinajstić information content (AvgIpc) is 3.15. The third-order valence-electron chi connectivity index (χ3n) is 4.19. The van der Waals surface area contributed by atoms with Crippen molar-refractivity contribution in [2.75, 3.05) is 7.11 Å². The molecule has 6 heteroatoms. The summed E-state index contributed by atoms with van der Waals surface area (Å²) in [5.41, 5.74) is 3.67. The number of aromatic nitrogens is 2. The first-order valence-corrected chi connectivity index (χ1v) is 7.60. The lowest BCUT2D eigenvalue weighted by Crippen LogP contribution is -2.23. The summed E-state index contributed by atoms with van der Waals surface area (Å²) >= 11 is 0. The van der Waals surface area contributed by atoms with E-state index in [4.69, 9.17) is 4.74 Å². The number of fused-ring (bicyclic) bond motifs is 2. The van der Waals surface area contributed by atoms with E-state index in [0.29, 0.717) is 24.2 Å². The molecule has 1 aromatic heterocycles. The molecule has 0 radical (unpaired) electrons. The Hall–Kier alpha value is -3.15. The lowest BCUT2D eigenvalue weighted by molar-refractivity contribution is 0.0600. The van der Waals surface area contributed by atoms with E-state index in [0.717, 1.165) is 22.4 Å². The fourth-order valence-electron chi connectivity index (χ4n) is 3.00. The summed E-state index contributed by atoms with van der Waals surface area (Å²) < 4.78 is 4.71. The standard InChI is InChI=1S/C18H15N3O3/c1-24-18(23)11-6-7-12-9-21(17(22)13(12)8-11)10-16-19-14-4-2-3-5-15(14)20-16/h2-8H,9-10H2,1H3,(H,19,20). The van der Waals surface area contributed by atoms with Gasteiger partial charge in [0.2, 0.25) is 0 Å². The van der Waals surface area contributed by atoms with Gasteiger partial charge in [0.05, 0.1) is 30.3 Å². The van der Waals surface area contributed by atoms with Crippen LogP contribution in [0, 0.1) is 0 Å². The molecular formula is C18H15N3O3. The van der Waals surface area contributed by atoms with Crippen LogP contribution in [-0.4, -0.2) is 33.9 Å². The summed E-state index contributed by atoms with van der Waals surface area (Å²) in [4.78, 5) is 33.7. The fraction of sp³-hybridized carbons (Fsp3) is 0.167. The fourth-order valence-corrected chi connectivity index (χ4v) is 3.00. The molecule has 120 valence electrons. The van der Waals surface area contributed by atoms with Gasteiger partial charge in [-0.2, -0.15) is 0 Å². The van der Waals surface area contributed by atoms with Gasteiger partial charge in [0.15, 0.2) is 0 Å². The Kier molecular flexibility index (Phi) is 3.30. The maximum Gasteiger partial charge on any atom is 0.337 e. The lowest BCUT2D eigenvalue weighted by atomic mass is 10.1. The van der Waals surface area contributed by atoms with Gasteiger partial charge >= 0.3 is 5.97 Å². The van der Waals surface area contributed by atoms with Crippen LogP contribution < -0.4 is 0 Å². The van der Waals surface area contributed by atoms with Crippen molar-refractivity contribution in [3.05, 3.63) is 65.0 Å². The minimum absolute atomic E-state index is 0.101. The second kappa shape index (κ2) is 5.49. The van der Waals surface area contributed by atoms with Crippen molar-refractivity contribution >= 4 is 22.9 Å². The van der Waals surface area contributed by atoms with Crippen molar-refractivity contribution < 1.29 is 14.3 Å². The highest BCUT2D eigenvalue weighted by molar-refractivity contribution is 6.01. The maximum atomic E-state index is 12.6. The van der Waals surface area contributed by atoms with E-state index in [1.165, 1.54) is 7.11 Å². The predicted molar refractivity (Wildman–Crippen MR) is 87.5 cm³/mol. The molecule has 1 N–H and O–H groups in total. The number of methoxy groups -OCH3 is 1. The Balaban J connectivity index is 1.59. The average molecular weight is 321 g/mol. The van der Waals surface area contributed by atoms with E-state index in [9.17, 15) is 9.59 Å². The molecule has 0 atom stereocenters. The van der Waals surface area contributed by atoms with Gasteiger partial charge < -0.3 is 14.6 Å². The summed E-state index contributed by atoms with van der Waals surface area (Å²) in [5, 5.41) is 0. The summed E-state index contributed by atoms with van der Waals surface area (Å²) in [6.45, 7) is 0.905. The number of nitrogens with one attached hydrogen (secondary N) is 1. The Morgan fingerprint density at radius 1 is 1.29 bits per heavy atom. The van der Waals surface area contributed by atoms with E-state index in [2.05, 4.69) is 9.97 Å². The maximum absolute atomic E-state index is 12.6. The van der Waals surface area contributed by atoms with Gasteiger partial charge in [-0.1, -0.05) is 18.2 Å².